The molecule has 0 bridgehead atoms. The molecule has 2 N–H and O–H groups in total. The van der Waals surface area contributed by atoms with E-state index in [1.54, 1.807) is 0 Å². The third kappa shape index (κ3) is 4.28. The van der Waals surface area contributed by atoms with Gasteiger partial charge in [-0.25, -0.2) is 4.79 Å². The number of alkyl carbamates (subject to hydrolysis) is 1. The van der Waals surface area contributed by atoms with Crippen LogP contribution >= 0.6 is 0 Å². The standard InChI is InChI=1S/C14H20N2O3/c1-4-10-7-6-8-11(5-2)13(10)16-12(17)9-15-14(18)19-3/h6-8H,4-5,9H2,1-3H3,(H,15,18)(H,16,17). The number of carbonyl (C=O) groups is 2. The molecule has 0 saturated heterocycles. The number of hydrogen-bond donors (Lipinski definition) is 2. The van der Waals surface area contributed by atoms with Gasteiger partial charge in [-0.2, -0.15) is 0 Å². The van der Waals surface area contributed by atoms with Crippen molar-refractivity contribution < 1.29 is 14.3 Å². The lowest BCUT2D eigenvalue weighted by Crippen LogP contribution is -2.33. The van der Waals surface area contributed by atoms with Gasteiger partial charge in [-0.3, -0.25) is 4.79 Å². The van der Waals surface area contributed by atoms with E-state index in [1.165, 1.54) is 7.11 Å². The molecule has 19 heavy (non-hydrogen) atoms. The van der Waals surface area contributed by atoms with Gasteiger partial charge in [0.05, 0.1) is 7.11 Å². The maximum atomic E-state index is 11.8. The first-order valence-corrected chi connectivity index (χ1v) is 6.34. The number of aryl methyl sites for hydroxylation is 2. The average molecular weight is 264 g/mol. The van der Waals surface area contributed by atoms with Gasteiger partial charge < -0.3 is 15.4 Å². The molecule has 0 atom stereocenters. The number of carbonyl (C=O) groups excluding carboxylic acids is 2. The molecule has 5 nitrogen and oxygen atoms in total. The van der Waals surface area contributed by atoms with Crippen LogP contribution in [0.2, 0.25) is 0 Å². The molecule has 0 heterocycles. The molecule has 5 heteroatoms. The zero-order chi connectivity index (χ0) is 14.3. The van der Waals surface area contributed by atoms with Gasteiger partial charge in [-0.1, -0.05) is 32.0 Å². The summed E-state index contributed by atoms with van der Waals surface area (Å²) in [6.45, 7) is 3.97. The zero-order valence-electron chi connectivity index (χ0n) is 11.6. The molecule has 0 aliphatic carbocycles. The summed E-state index contributed by atoms with van der Waals surface area (Å²) in [6, 6.07) is 5.96. The smallest absolute Gasteiger partial charge is 0.407 e. The highest BCUT2D eigenvalue weighted by molar-refractivity contribution is 5.95. The summed E-state index contributed by atoms with van der Waals surface area (Å²) in [5, 5.41) is 5.21. The fraction of sp³-hybridized carbons (Fsp3) is 0.429. The Hall–Kier alpha value is -2.04. The summed E-state index contributed by atoms with van der Waals surface area (Å²) in [5.74, 6) is -0.263. The number of benzene rings is 1. The second-order valence-electron chi connectivity index (χ2n) is 4.05. The van der Waals surface area contributed by atoms with Crippen molar-refractivity contribution in [3.05, 3.63) is 29.3 Å². The number of methoxy groups -OCH3 is 1. The number of para-hydroxylation sites is 1. The topological polar surface area (TPSA) is 67.4 Å². The molecule has 0 radical (unpaired) electrons. The minimum atomic E-state index is -0.616. The molecule has 0 unspecified atom stereocenters. The maximum Gasteiger partial charge on any atom is 0.407 e. The molecule has 0 fully saturated rings. The number of anilines is 1. The van der Waals surface area contributed by atoms with E-state index in [1.807, 2.05) is 32.0 Å². The Balaban J connectivity index is 2.75. The van der Waals surface area contributed by atoms with Crippen LogP contribution in [0.15, 0.2) is 18.2 Å². The molecule has 0 spiro atoms. The Bertz CT molecular complexity index is 436. The second-order valence-corrected chi connectivity index (χ2v) is 4.05. The number of amides is 2. The van der Waals surface area contributed by atoms with Crippen molar-refractivity contribution in [1.29, 1.82) is 0 Å². The highest BCUT2D eigenvalue weighted by atomic mass is 16.5. The van der Waals surface area contributed by atoms with Gasteiger partial charge in [0.2, 0.25) is 5.91 Å². The van der Waals surface area contributed by atoms with E-state index in [9.17, 15) is 9.59 Å². The first-order chi connectivity index (χ1) is 9.12. The molecule has 0 saturated carbocycles. The minimum Gasteiger partial charge on any atom is -0.453 e. The van der Waals surface area contributed by atoms with E-state index < -0.39 is 6.09 Å². The van der Waals surface area contributed by atoms with Crippen molar-refractivity contribution in [2.24, 2.45) is 0 Å². The Morgan fingerprint density at radius 1 is 1.16 bits per heavy atom. The van der Waals surface area contributed by atoms with Gasteiger partial charge >= 0.3 is 6.09 Å². The summed E-state index contributed by atoms with van der Waals surface area (Å²) >= 11 is 0. The summed E-state index contributed by atoms with van der Waals surface area (Å²) in [6.07, 6.45) is 1.07. The monoisotopic (exact) mass is 264 g/mol. The van der Waals surface area contributed by atoms with Crippen molar-refractivity contribution >= 4 is 17.7 Å². The van der Waals surface area contributed by atoms with Crippen LogP contribution in [-0.4, -0.2) is 25.7 Å². The Kier molecular flexibility index (Phi) is 5.85. The summed E-state index contributed by atoms with van der Waals surface area (Å²) in [5.41, 5.74) is 3.03. The molecule has 2 amide bonds. The van der Waals surface area contributed by atoms with Crippen LogP contribution in [0.4, 0.5) is 10.5 Å². The molecule has 0 aliphatic rings. The summed E-state index contributed by atoms with van der Waals surface area (Å²) in [4.78, 5) is 22.7. The van der Waals surface area contributed by atoms with Crippen molar-refractivity contribution in [3.63, 3.8) is 0 Å². The molecule has 0 aromatic heterocycles. The predicted octanol–water partition coefficient (Wildman–Crippen LogP) is 2.11. The van der Waals surface area contributed by atoms with Gasteiger partial charge in [-0.15, -0.1) is 0 Å². The normalized spacial score (nSPS) is 9.84. The third-order valence-electron chi connectivity index (χ3n) is 2.84. The second kappa shape index (κ2) is 7.41. The molecule has 1 aromatic carbocycles. The number of nitrogens with one attached hydrogen (secondary N) is 2. The Morgan fingerprint density at radius 3 is 2.21 bits per heavy atom. The summed E-state index contributed by atoms with van der Waals surface area (Å²) in [7, 11) is 1.26. The van der Waals surface area contributed by atoms with Crippen LogP contribution in [0.25, 0.3) is 0 Å². The van der Waals surface area contributed by atoms with Crippen molar-refractivity contribution in [1.82, 2.24) is 5.32 Å². The van der Waals surface area contributed by atoms with Crippen LogP contribution in [0, 0.1) is 0 Å². The molecule has 1 aromatic rings. The van der Waals surface area contributed by atoms with Gasteiger partial charge in [0.25, 0.3) is 0 Å². The molecule has 0 aliphatic heterocycles. The lowest BCUT2D eigenvalue weighted by Gasteiger charge is -2.14. The Labute approximate surface area is 113 Å². The predicted molar refractivity (Wildman–Crippen MR) is 74.2 cm³/mol. The van der Waals surface area contributed by atoms with Gasteiger partial charge in [-0.05, 0) is 24.0 Å². The zero-order valence-corrected chi connectivity index (χ0v) is 11.6. The minimum absolute atomic E-state index is 0.103. The van der Waals surface area contributed by atoms with E-state index in [0.717, 1.165) is 29.7 Å². The fourth-order valence-corrected chi connectivity index (χ4v) is 1.81. The Morgan fingerprint density at radius 2 is 1.74 bits per heavy atom. The van der Waals surface area contributed by atoms with Crippen LogP contribution in [0.3, 0.4) is 0 Å². The van der Waals surface area contributed by atoms with Crippen LogP contribution in [-0.2, 0) is 22.4 Å². The first kappa shape index (κ1) is 15.0. The number of ether oxygens (including phenoxy) is 1. The number of rotatable bonds is 5. The van der Waals surface area contributed by atoms with Gasteiger partial charge in [0.15, 0.2) is 0 Å². The lowest BCUT2D eigenvalue weighted by molar-refractivity contribution is -0.115. The van der Waals surface area contributed by atoms with Crippen molar-refractivity contribution in [3.8, 4) is 0 Å². The van der Waals surface area contributed by atoms with E-state index in [0.29, 0.717) is 0 Å². The van der Waals surface area contributed by atoms with Crippen LogP contribution in [0.1, 0.15) is 25.0 Å². The van der Waals surface area contributed by atoms with E-state index in [4.69, 9.17) is 0 Å². The lowest BCUT2D eigenvalue weighted by atomic mass is 10.0. The number of hydrogen-bond acceptors (Lipinski definition) is 3. The molecule has 104 valence electrons. The van der Waals surface area contributed by atoms with Crippen molar-refractivity contribution in [2.45, 2.75) is 26.7 Å². The highest BCUT2D eigenvalue weighted by Gasteiger charge is 2.10. The molecule has 1 rings (SSSR count). The van der Waals surface area contributed by atoms with E-state index in [2.05, 4.69) is 15.4 Å². The van der Waals surface area contributed by atoms with Crippen LogP contribution < -0.4 is 10.6 Å². The first-order valence-electron chi connectivity index (χ1n) is 6.34. The maximum absolute atomic E-state index is 11.8. The van der Waals surface area contributed by atoms with Crippen LogP contribution in [0.5, 0.6) is 0 Å². The van der Waals surface area contributed by atoms with Gasteiger partial charge in [0.1, 0.15) is 6.54 Å². The third-order valence-corrected chi connectivity index (χ3v) is 2.84. The molecular formula is C14H20N2O3. The van der Waals surface area contributed by atoms with E-state index >= 15 is 0 Å². The quantitative estimate of drug-likeness (QED) is 0.856. The molecular weight excluding hydrogens is 244 g/mol. The van der Waals surface area contributed by atoms with Crippen molar-refractivity contribution in [2.75, 3.05) is 19.0 Å². The van der Waals surface area contributed by atoms with Gasteiger partial charge in [0, 0.05) is 5.69 Å². The SMILES string of the molecule is CCc1cccc(CC)c1NC(=O)CNC(=O)OC. The largest absolute Gasteiger partial charge is 0.453 e. The average Bonchev–Trinajstić information content (AvgIpc) is 2.44. The summed E-state index contributed by atoms with van der Waals surface area (Å²) < 4.78 is 4.41. The van der Waals surface area contributed by atoms with E-state index in [-0.39, 0.29) is 12.5 Å². The highest BCUT2D eigenvalue weighted by Crippen LogP contribution is 2.22. The fourth-order valence-electron chi connectivity index (χ4n) is 1.81.